The van der Waals surface area contributed by atoms with Gasteiger partial charge in [-0.15, -0.1) is 0 Å². The lowest BCUT2D eigenvalue weighted by molar-refractivity contribution is 0.0951. The molecule has 4 rings (SSSR count). The van der Waals surface area contributed by atoms with Crippen molar-refractivity contribution in [1.29, 1.82) is 0 Å². The third kappa shape index (κ3) is 3.93. The fourth-order valence-electron chi connectivity index (χ4n) is 3.36. The van der Waals surface area contributed by atoms with E-state index in [1.54, 1.807) is 31.3 Å². The van der Waals surface area contributed by atoms with Crippen LogP contribution in [-0.2, 0) is 19.6 Å². The molecule has 0 spiro atoms. The van der Waals surface area contributed by atoms with Crippen molar-refractivity contribution in [1.82, 2.24) is 24.6 Å². The number of nitrogens with zero attached hydrogens (tertiary/aromatic N) is 3. The van der Waals surface area contributed by atoms with Gasteiger partial charge < -0.3 is 14.9 Å². The van der Waals surface area contributed by atoms with Crippen molar-refractivity contribution in [2.24, 2.45) is 0 Å². The minimum atomic E-state index is -0.697. The molecule has 0 saturated heterocycles. The van der Waals surface area contributed by atoms with Gasteiger partial charge >= 0.3 is 11.1 Å². The monoisotopic (exact) mass is 403 g/mol. The predicted octanol–water partition coefficient (Wildman–Crippen LogP) is 1.88. The SMILES string of the molecule is CCn1c(=O)c(=O)[nH]c2cc(C(=O)NCc3ccc(Cn4cccn4)cc3)ccc21. The number of nitrogens with one attached hydrogen (secondary N) is 2. The Morgan fingerprint density at radius 3 is 2.57 bits per heavy atom. The number of hydrogen-bond donors (Lipinski definition) is 2. The summed E-state index contributed by atoms with van der Waals surface area (Å²) < 4.78 is 3.24. The average molecular weight is 403 g/mol. The standard InChI is InChI=1S/C22H21N5O3/c1-2-27-19-9-8-17(12-18(19)25-21(29)22(27)30)20(28)23-13-15-4-6-16(7-5-15)14-26-11-3-10-24-26/h3-12H,2,13-14H2,1H3,(H,23,28)(H,25,29). The molecular weight excluding hydrogens is 382 g/mol. The van der Waals surface area contributed by atoms with Gasteiger partial charge in [0.1, 0.15) is 0 Å². The summed E-state index contributed by atoms with van der Waals surface area (Å²) in [5.74, 6) is -0.257. The van der Waals surface area contributed by atoms with E-state index in [-0.39, 0.29) is 5.91 Å². The minimum Gasteiger partial charge on any atom is -0.348 e. The van der Waals surface area contributed by atoms with Gasteiger partial charge in [0, 0.05) is 31.0 Å². The second-order valence-electron chi connectivity index (χ2n) is 6.94. The van der Waals surface area contributed by atoms with E-state index < -0.39 is 11.1 Å². The van der Waals surface area contributed by atoms with Gasteiger partial charge in [0.25, 0.3) is 5.91 Å². The highest BCUT2D eigenvalue weighted by Crippen LogP contribution is 2.12. The Morgan fingerprint density at radius 1 is 1.10 bits per heavy atom. The van der Waals surface area contributed by atoms with Gasteiger partial charge in [-0.1, -0.05) is 24.3 Å². The van der Waals surface area contributed by atoms with E-state index in [0.717, 1.165) is 11.1 Å². The summed E-state index contributed by atoms with van der Waals surface area (Å²) in [7, 11) is 0. The molecule has 4 aromatic rings. The second-order valence-corrected chi connectivity index (χ2v) is 6.94. The first kappa shape index (κ1) is 19.4. The van der Waals surface area contributed by atoms with Crippen LogP contribution in [0.1, 0.15) is 28.4 Å². The van der Waals surface area contributed by atoms with Crippen molar-refractivity contribution in [2.45, 2.75) is 26.6 Å². The van der Waals surface area contributed by atoms with Crippen molar-refractivity contribution < 1.29 is 4.79 Å². The van der Waals surface area contributed by atoms with Gasteiger partial charge in [-0.05, 0) is 42.3 Å². The first-order valence-electron chi connectivity index (χ1n) is 9.65. The number of hydrogen-bond acceptors (Lipinski definition) is 4. The second kappa shape index (κ2) is 8.20. The number of H-pyrrole nitrogens is 1. The zero-order valence-corrected chi connectivity index (χ0v) is 16.5. The summed E-state index contributed by atoms with van der Waals surface area (Å²) in [4.78, 5) is 38.9. The highest BCUT2D eigenvalue weighted by molar-refractivity contribution is 5.97. The molecule has 0 fully saturated rings. The van der Waals surface area contributed by atoms with Crippen LogP contribution in [0.3, 0.4) is 0 Å². The van der Waals surface area contributed by atoms with E-state index in [9.17, 15) is 14.4 Å². The van der Waals surface area contributed by atoms with Crippen LogP contribution < -0.4 is 16.4 Å². The van der Waals surface area contributed by atoms with Crippen LogP contribution in [0.5, 0.6) is 0 Å². The molecule has 0 atom stereocenters. The third-order valence-electron chi connectivity index (χ3n) is 4.93. The fraction of sp³-hybridized carbons (Fsp3) is 0.182. The molecule has 2 aromatic carbocycles. The fourth-order valence-corrected chi connectivity index (χ4v) is 3.36. The Hall–Kier alpha value is -3.94. The maximum Gasteiger partial charge on any atom is 0.316 e. The lowest BCUT2D eigenvalue weighted by atomic mass is 10.1. The Kier molecular flexibility index (Phi) is 5.30. The Bertz CT molecular complexity index is 1300. The van der Waals surface area contributed by atoms with Crippen LogP contribution in [0.2, 0.25) is 0 Å². The van der Waals surface area contributed by atoms with Gasteiger partial charge in [0.2, 0.25) is 0 Å². The number of carbonyl (C=O) groups is 1. The molecule has 152 valence electrons. The molecule has 8 heteroatoms. The number of aryl methyl sites for hydroxylation is 1. The summed E-state index contributed by atoms with van der Waals surface area (Å²) in [6.07, 6.45) is 3.65. The van der Waals surface area contributed by atoms with E-state index in [1.165, 1.54) is 4.57 Å². The molecule has 1 amide bonds. The van der Waals surface area contributed by atoms with Crippen molar-refractivity contribution in [3.8, 4) is 0 Å². The molecule has 0 radical (unpaired) electrons. The largest absolute Gasteiger partial charge is 0.348 e. The Balaban J connectivity index is 1.46. The molecule has 30 heavy (non-hydrogen) atoms. The van der Waals surface area contributed by atoms with Crippen molar-refractivity contribution in [3.63, 3.8) is 0 Å². The molecular formula is C22H21N5O3. The van der Waals surface area contributed by atoms with Gasteiger partial charge in [0.15, 0.2) is 0 Å². The number of amides is 1. The van der Waals surface area contributed by atoms with Crippen LogP contribution in [0.4, 0.5) is 0 Å². The molecule has 8 nitrogen and oxygen atoms in total. The number of benzene rings is 2. The molecule has 0 aliphatic carbocycles. The van der Waals surface area contributed by atoms with Crippen molar-refractivity contribution in [3.05, 3.63) is 98.3 Å². The van der Waals surface area contributed by atoms with E-state index in [4.69, 9.17) is 0 Å². The number of aromatic nitrogens is 4. The summed E-state index contributed by atoms with van der Waals surface area (Å²) in [5, 5.41) is 7.07. The summed E-state index contributed by atoms with van der Waals surface area (Å²) in [6.45, 7) is 3.24. The third-order valence-corrected chi connectivity index (χ3v) is 4.93. The number of rotatable bonds is 6. The Labute approximate surface area is 171 Å². The number of aromatic amines is 1. The molecule has 0 saturated carbocycles. The molecule has 0 aliphatic heterocycles. The molecule has 2 heterocycles. The normalized spacial score (nSPS) is 11.0. The van der Waals surface area contributed by atoms with Gasteiger partial charge in [-0.25, -0.2) is 0 Å². The van der Waals surface area contributed by atoms with Gasteiger partial charge in [-0.2, -0.15) is 5.10 Å². The van der Waals surface area contributed by atoms with E-state index in [0.29, 0.717) is 36.2 Å². The van der Waals surface area contributed by atoms with Crippen molar-refractivity contribution >= 4 is 16.9 Å². The minimum absolute atomic E-state index is 0.257. The van der Waals surface area contributed by atoms with Gasteiger partial charge in [-0.3, -0.25) is 19.1 Å². The van der Waals surface area contributed by atoms with Crippen LogP contribution in [0, 0.1) is 0 Å². The van der Waals surface area contributed by atoms with E-state index in [1.807, 2.05) is 41.2 Å². The van der Waals surface area contributed by atoms with Crippen LogP contribution in [0.25, 0.3) is 11.0 Å². The van der Waals surface area contributed by atoms with E-state index >= 15 is 0 Å². The number of fused-ring (bicyclic) bond motifs is 1. The van der Waals surface area contributed by atoms with Crippen molar-refractivity contribution in [2.75, 3.05) is 0 Å². The maximum atomic E-state index is 12.6. The van der Waals surface area contributed by atoms with Crippen LogP contribution >= 0.6 is 0 Å². The molecule has 0 aliphatic rings. The zero-order valence-electron chi connectivity index (χ0n) is 16.5. The topological polar surface area (TPSA) is 102 Å². The summed E-state index contributed by atoms with van der Waals surface area (Å²) in [6, 6.07) is 14.7. The molecule has 2 aromatic heterocycles. The van der Waals surface area contributed by atoms with Crippen LogP contribution in [0.15, 0.2) is 70.5 Å². The molecule has 0 bridgehead atoms. The highest BCUT2D eigenvalue weighted by atomic mass is 16.2. The van der Waals surface area contributed by atoms with Crippen LogP contribution in [-0.4, -0.2) is 25.2 Å². The smallest absolute Gasteiger partial charge is 0.316 e. The Morgan fingerprint density at radius 2 is 1.87 bits per heavy atom. The highest BCUT2D eigenvalue weighted by Gasteiger charge is 2.10. The molecule has 0 unspecified atom stereocenters. The lowest BCUT2D eigenvalue weighted by Crippen LogP contribution is -2.36. The first-order chi connectivity index (χ1) is 14.5. The molecule has 2 N–H and O–H groups in total. The first-order valence-corrected chi connectivity index (χ1v) is 9.65. The summed E-state index contributed by atoms with van der Waals surface area (Å²) in [5.41, 5.74) is 2.25. The van der Waals surface area contributed by atoms with Gasteiger partial charge in [0.05, 0.1) is 17.6 Å². The number of carbonyl (C=O) groups excluding carboxylic acids is 1. The summed E-state index contributed by atoms with van der Waals surface area (Å²) >= 11 is 0. The van der Waals surface area contributed by atoms with E-state index in [2.05, 4.69) is 15.4 Å². The lowest BCUT2D eigenvalue weighted by Gasteiger charge is -2.10. The predicted molar refractivity (Wildman–Crippen MR) is 113 cm³/mol. The zero-order chi connectivity index (χ0) is 21.1. The maximum absolute atomic E-state index is 12.6. The quantitative estimate of drug-likeness (QED) is 0.480. The average Bonchev–Trinajstić information content (AvgIpc) is 3.27.